The highest BCUT2D eigenvalue weighted by molar-refractivity contribution is 8.03. The summed E-state index contributed by atoms with van der Waals surface area (Å²) in [7, 11) is 0. The van der Waals surface area contributed by atoms with Gasteiger partial charge in [-0.25, -0.2) is 9.37 Å². The molecule has 0 unspecified atom stereocenters. The number of nitrogens with one attached hydrogen (secondary N) is 1. The number of ether oxygens (including phenoxy) is 1. The molecule has 32 heavy (non-hydrogen) atoms. The highest BCUT2D eigenvalue weighted by atomic mass is 32.2. The van der Waals surface area contributed by atoms with Crippen molar-refractivity contribution in [3.05, 3.63) is 77.6 Å². The lowest BCUT2D eigenvalue weighted by atomic mass is 10.1. The van der Waals surface area contributed by atoms with Crippen LogP contribution in [0.4, 0.5) is 21.8 Å². The molecular formula is C24H24FN5OS. The molecule has 6 nitrogen and oxygen atoms in total. The Morgan fingerprint density at radius 1 is 1.22 bits per heavy atom. The van der Waals surface area contributed by atoms with E-state index in [1.807, 2.05) is 44.2 Å². The first-order valence-corrected chi connectivity index (χ1v) is 10.7. The summed E-state index contributed by atoms with van der Waals surface area (Å²) in [6.45, 7) is 7.82. The van der Waals surface area contributed by atoms with Crippen molar-refractivity contribution in [2.75, 3.05) is 17.7 Å². The number of rotatable bonds is 9. The van der Waals surface area contributed by atoms with E-state index < -0.39 is 0 Å². The summed E-state index contributed by atoms with van der Waals surface area (Å²) in [6, 6.07) is 14.2. The van der Waals surface area contributed by atoms with Gasteiger partial charge in [0.05, 0.1) is 12.3 Å². The molecular weight excluding hydrogens is 425 g/mol. The topological polar surface area (TPSA) is 85.4 Å². The zero-order chi connectivity index (χ0) is 22.9. The Balaban J connectivity index is 1.79. The molecule has 0 amide bonds. The number of nitrogens with two attached hydrogens (primary N) is 1. The van der Waals surface area contributed by atoms with Gasteiger partial charge in [-0.15, -0.1) is 0 Å². The number of anilines is 3. The van der Waals surface area contributed by atoms with Gasteiger partial charge < -0.3 is 15.8 Å². The number of allylic oxidation sites excluding steroid dienone is 2. The van der Waals surface area contributed by atoms with Crippen molar-refractivity contribution in [3.8, 4) is 17.0 Å². The first kappa shape index (κ1) is 23.0. The minimum Gasteiger partial charge on any atom is -0.494 e. The van der Waals surface area contributed by atoms with Crippen molar-refractivity contribution >= 4 is 35.9 Å². The van der Waals surface area contributed by atoms with Crippen molar-refractivity contribution in [1.29, 1.82) is 0 Å². The van der Waals surface area contributed by atoms with Crippen molar-refractivity contribution in [2.45, 2.75) is 18.7 Å². The van der Waals surface area contributed by atoms with E-state index in [9.17, 15) is 4.39 Å². The summed E-state index contributed by atoms with van der Waals surface area (Å²) >= 11 is 1.30. The van der Waals surface area contributed by atoms with Crippen LogP contribution in [0.3, 0.4) is 0 Å². The van der Waals surface area contributed by atoms with Gasteiger partial charge in [-0.2, -0.15) is 4.98 Å². The van der Waals surface area contributed by atoms with E-state index in [1.54, 1.807) is 30.5 Å². The van der Waals surface area contributed by atoms with Crippen LogP contribution in [0.2, 0.25) is 0 Å². The van der Waals surface area contributed by atoms with E-state index >= 15 is 0 Å². The second-order valence-corrected chi connectivity index (χ2v) is 7.63. The van der Waals surface area contributed by atoms with Gasteiger partial charge >= 0.3 is 0 Å². The minimum absolute atomic E-state index is 0.117. The summed E-state index contributed by atoms with van der Waals surface area (Å²) in [5, 5.41) is 3.10. The zero-order valence-corrected chi connectivity index (χ0v) is 18.7. The van der Waals surface area contributed by atoms with E-state index in [2.05, 4.69) is 27.0 Å². The Bertz CT molecular complexity index is 1150. The van der Waals surface area contributed by atoms with Gasteiger partial charge in [-0.3, -0.25) is 4.99 Å². The molecule has 0 atom stereocenters. The van der Waals surface area contributed by atoms with Crippen LogP contribution in [0.25, 0.3) is 11.3 Å². The van der Waals surface area contributed by atoms with E-state index in [1.165, 1.54) is 17.8 Å². The lowest BCUT2D eigenvalue weighted by molar-refractivity contribution is 0.340. The SMILES string of the molecule is C=N/C=C\C(=C/C)Sc1ccc(Nc2cc(-c3ccc(OCC)cc3)nc(N)n2)cc1F. The molecule has 1 aromatic heterocycles. The van der Waals surface area contributed by atoms with Gasteiger partial charge in [-0.1, -0.05) is 17.8 Å². The smallest absolute Gasteiger partial charge is 0.222 e. The predicted molar refractivity (Wildman–Crippen MR) is 131 cm³/mol. The average molecular weight is 450 g/mol. The Morgan fingerprint density at radius 2 is 2.00 bits per heavy atom. The molecule has 0 fully saturated rings. The number of nitrogens with zero attached hydrogens (tertiary/aromatic N) is 3. The van der Waals surface area contributed by atoms with Crippen LogP contribution < -0.4 is 15.8 Å². The largest absolute Gasteiger partial charge is 0.494 e. The molecule has 0 spiro atoms. The van der Waals surface area contributed by atoms with Gasteiger partial charge in [0, 0.05) is 33.3 Å². The maximum Gasteiger partial charge on any atom is 0.222 e. The van der Waals surface area contributed by atoms with Crippen LogP contribution >= 0.6 is 11.8 Å². The summed E-state index contributed by atoms with van der Waals surface area (Å²) in [6.07, 6.45) is 5.22. The lowest BCUT2D eigenvalue weighted by Gasteiger charge is -2.11. The molecule has 0 aliphatic heterocycles. The summed E-state index contributed by atoms with van der Waals surface area (Å²) in [5.41, 5.74) is 7.97. The molecule has 3 rings (SSSR count). The van der Waals surface area contributed by atoms with Gasteiger partial charge in [0.2, 0.25) is 5.95 Å². The highest BCUT2D eigenvalue weighted by Crippen LogP contribution is 2.32. The van der Waals surface area contributed by atoms with Crippen molar-refractivity contribution in [3.63, 3.8) is 0 Å². The van der Waals surface area contributed by atoms with E-state index in [0.29, 0.717) is 28.7 Å². The molecule has 2 aromatic carbocycles. The highest BCUT2D eigenvalue weighted by Gasteiger charge is 2.09. The number of aromatic nitrogens is 2. The standard InChI is InChI=1S/C24H24FN5OS/c1-4-19(12-13-27-3)32-22-11-8-17(14-20(22)25)28-23-15-21(29-24(26)30-23)16-6-9-18(10-7-16)31-5-2/h4,6-15H,3,5H2,1-2H3,(H3,26,28,29,30)/b13-12-,19-4+. The number of nitrogen functional groups attached to an aromatic ring is 1. The molecule has 0 aliphatic carbocycles. The number of thioether (sulfide) groups is 1. The van der Waals surface area contributed by atoms with Crippen LogP contribution in [0.1, 0.15) is 13.8 Å². The Hall–Kier alpha value is -3.65. The maximum atomic E-state index is 14.7. The molecule has 164 valence electrons. The molecule has 8 heteroatoms. The second kappa shape index (κ2) is 11.1. The van der Waals surface area contributed by atoms with Gasteiger partial charge in [0.1, 0.15) is 17.4 Å². The predicted octanol–water partition coefficient (Wildman–Crippen LogP) is 6.22. The second-order valence-electron chi connectivity index (χ2n) is 6.52. The molecule has 3 N–H and O–H groups in total. The Kier molecular flexibility index (Phi) is 7.99. The summed E-state index contributed by atoms with van der Waals surface area (Å²) in [5.74, 6) is 1.01. The van der Waals surface area contributed by atoms with Crippen LogP contribution in [0.15, 0.2) is 81.7 Å². The molecule has 0 bridgehead atoms. The monoisotopic (exact) mass is 449 g/mol. The lowest BCUT2D eigenvalue weighted by Crippen LogP contribution is -2.02. The van der Waals surface area contributed by atoms with Gasteiger partial charge in [-0.05, 0) is 69.1 Å². The Labute approximate surface area is 191 Å². The van der Waals surface area contributed by atoms with E-state index in [-0.39, 0.29) is 11.8 Å². The molecule has 0 radical (unpaired) electrons. The normalized spacial score (nSPS) is 11.5. The van der Waals surface area contributed by atoms with Crippen molar-refractivity contribution in [1.82, 2.24) is 9.97 Å². The third-order valence-electron chi connectivity index (χ3n) is 4.27. The van der Waals surface area contributed by atoms with Gasteiger partial charge in [0.15, 0.2) is 0 Å². The van der Waals surface area contributed by atoms with E-state index in [0.717, 1.165) is 16.2 Å². The fourth-order valence-electron chi connectivity index (χ4n) is 2.82. The van der Waals surface area contributed by atoms with Crippen molar-refractivity contribution in [2.24, 2.45) is 4.99 Å². The van der Waals surface area contributed by atoms with Crippen LogP contribution in [0.5, 0.6) is 5.75 Å². The third kappa shape index (κ3) is 6.18. The molecule has 1 heterocycles. The molecule has 0 saturated heterocycles. The zero-order valence-electron chi connectivity index (χ0n) is 17.9. The first-order valence-electron chi connectivity index (χ1n) is 9.93. The molecule has 0 aliphatic rings. The van der Waals surface area contributed by atoms with Crippen LogP contribution in [-0.4, -0.2) is 23.3 Å². The van der Waals surface area contributed by atoms with Crippen LogP contribution in [0, 0.1) is 5.82 Å². The Morgan fingerprint density at radius 3 is 2.66 bits per heavy atom. The number of hydrogen-bond donors (Lipinski definition) is 2. The summed E-state index contributed by atoms with van der Waals surface area (Å²) in [4.78, 5) is 13.6. The number of halogens is 1. The molecule has 3 aromatic rings. The van der Waals surface area contributed by atoms with Gasteiger partial charge in [0.25, 0.3) is 0 Å². The summed E-state index contributed by atoms with van der Waals surface area (Å²) < 4.78 is 20.2. The fourth-order valence-corrected chi connectivity index (χ4v) is 3.61. The minimum atomic E-state index is -0.354. The molecule has 0 saturated carbocycles. The number of aliphatic imine (C=N–C) groups is 1. The number of hydrogen-bond acceptors (Lipinski definition) is 7. The average Bonchev–Trinajstić information content (AvgIpc) is 2.78. The van der Waals surface area contributed by atoms with Crippen molar-refractivity contribution < 1.29 is 9.13 Å². The van der Waals surface area contributed by atoms with Crippen LogP contribution in [-0.2, 0) is 0 Å². The number of benzene rings is 2. The van der Waals surface area contributed by atoms with E-state index in [4.69, 9.17) is 10.5 Å². The quantitative estimate of drug-likeness (QED) is 0.229. The third-order valence-corrected chi connectivity index (χ3v) is 5.42. The maximum absolute atomic E-state index is 14.7. The first-order chi connectivity index (χ1) is 15.5. The fraction of sp³-hybridized carbons (Fsp3) is 0.125.